The molecule has 0 radical (unpaired) electrons. The second-order valence-electron chi connectivity index (χ2n) is 9.25. The molecule has 0 spiro atoms. The Hall–Kier alpha value is -3.12. The number of hydrogen-bond donors (Lipinski definition) is 1. The van der Waals surface area contributed by atoms with Gasteiger partial charge in [-0.2, -0.15) is 5.26 Å². The van der Waals surface area contributed by atoms with Crippen LogP contribution in [0.4, 0.5) is 17.3 Å². The summed E-state index contributed by atoms with van der Waals surface area (Å²) in [6, 6.07) is 19.0. The minimum absolute atomic E-state index is 0.245. The second-order valence-corrected chi connectivity index (χ2v) is 10.3. The third kappa shape index (κ3) is 7.25. The lowest BCUT2D eigenvalue weighted by molar-refractivity contribution is 0.0266. The van der Waals surface area contributed by atoms with E-state index in [1.54, 1.807) is 11.8 Å². The number of nitrogens with one attached hydrogen (secondary N) is 1. The van der Waals surface area contributed by atoms with Gasteiger partial charge in [0.1, 0.15) is 11.1 Å². The molecule has 5 rings (SSSR count). The molecule has 200 valence electrons. The summed E-state index contributed by atoms with van der Waals surface area (Å²) >= 11 is 1.61. The molecule has 38 heavy (non-hydrogen) atoms. The lowest BCUT2D eigenvalue weighted by Gasteiger charge is -2.30. The highest BCUT2D eigenvalue weighted by Gasteiger charge is 2.22. The standard InChI is InChI=1S/C28H32N6OS.C2H6/c1-21-20-30-28(31-23-7-9-24(10-8-23)33-13-3-2-4-14-33)32-27(21)36-25-11-5-22(6-12-25)26(19-29)34-15-17-35-18-16-34;1-2/h5-12,20,26H,2-4,13-18H2,1H3,(H,30,31,32);1-2H3. The number of nitriles is 1. The van der Waals surface area contributed by atoms with Gasteiger partial charge in [-0.3, -0.25) is 4.90 Å². The van der Waals surface area contributed by atoms with Crippen molar-refractivity contribution in [3.8, 4) is 6.07 Å². The van der Waals surface area contributed by atoms with Crippen LogP contribution in [-0.2, 0) is 4.74 Å². The molecular weight excluding hydrogens is 492 g/mol. The highest BCUT2D eigenvalue weighted by Crippen LogP contribution is 2.31. The molecule has 2 saturated heterocycles. The molecule has 1 N–H and O–H groups in total. The molecule has 7 nitrogen and oxygen atoms in total. The van der Waals surface area contributed by atoms with E-state index < -0.39 is 0 Å². The van der Waals surface area contributed by atoms with Crippen LogP contribution in [0.15, 0.2) is 64.6 Å². The maximum atomic E-state index is 9.74. The molecular formula is C30H38N6OS. The molecule has 3 heterocycles. The van der Waals surface area contributed by atoms with E-state index in [2.05, 4.69) is 62.6 Å². The normalized spacial score (nSPS) is 16.6. The average molecular weight is 531 g/mol. The van der Waals surface area contributed by atoms with Gasteiger partial charge < -0.3 is 15.0 Å². The summed E-state index contributed by atoms with van der Waals surface area (Å²) in [6.45, 7) is 11.2. The van der Waals surface area contributed by atoms with E-state index in [0.717, 1.165) is 52.9 Å². The number of piperidine rings is 1. The predicted octanol–water partition coefficient (Wildman–Crippen LogP) is 6.59. The average Bonchev–Trinajstić information content (AvgIpc) is 2.98. The molecule has 0 saturated carbocycles. The first-order chi connectivity index (χ1) is 18.7. The molecule has 2 fully saturated rings. The molecule has 2 aliphatic rings. The number of aromatic nitrogens is 2. The van der Waals surface area contributed by atoms with E-state index >= 15 is 0 Å². The number of benzene rings is 2. The number of morpholine rings is 1. The molecule has 3 aromatic rings. The van der Waals surface area contributed by atoms with E-state index in [-0.39, 0.29) is 6.04 Å². The summed E-state index contributed by atoms with van der Waals surface area (Å²) in [5.74, 6) is 0.585. The van der Waals surface area contributed by atoms with Gasteiger partial charge in [0, 0.05) is 54.2 Å². The Balaban J connectivity index is 0.00000164. The van der Waals surface area contributed by atoms with Crippen LogP contribution in [0.25, 0.3) is 0 Å². The van der Waals surface area contributed by atoms with Gasteiger partial charge in [0.2, 0.25) is 5.95 Å². The Morgan fingerprint density at radius 2 is 1.63 bits per heavy atom. The van der Waals surface area contributed by atoms with Crippen molar-refractivity contribution in [2.45, 2.75) is 56.0 Å². The zero-order valence-corrected chi connectivity index (χ0v) is 23.5. The van der Waals surface area contributed by atoms with Gasteiger partial charge in [0.15, 0.2) is 0 Å². The Morgan fingerprint density at radius 1 is 0.947 bits per heavy atom. The van der Waals surface area contributed by atoms with Crippen LogP contribution in [0, 0.1) is 18.3 Å². The van der Waals surface area contributed by atoms with Crippen LogP contribution in [-0.4, -0.2) is 54.3 Å². The fraction of sp³-hybridized carbons (Fsp3) is 0.433. The fourth-order valence-electron chi connectivity index (χ4n) is 4.66. The van der Waals surface area contributed by atoms with Gasteiger partial charge >= 0.3 is 0 Å². The zero-order chi connectivity index (χ0) is 26.7. The summed E-state index contributed by atoms with van der Waals surface area (Å²) in [7, 11) is 0. The van der Waals surface area contributed by atoms with Crippen molar-refractivity contribution in [1.29, 1.82) is 5.26 Å². The number of nitrogens with zero attached hydrogens (tertiary/aromatic N) is 5. The van der Waals surface area contributed by atoms with Gasteiger partial charge in [-0.15, -0.1) is 0 Å². The maximum absolute atomic E-state index is 9.74. The lowest BCUT2D eigenvalue weighted by atomic mass is 10.1. The van der Waals surface area contributed by atoms with Crippen LogP contribution in [0.5, 0.6) is 0 Å². The van der Waals surface area contributed by atoms with Crippen molar-refractivity contribution in [3.05, 3.63) is 65.9 Å². The van der Waals surface area contributed by atoms with Crippen LogP contribution in [0.3, 0.4) is 0 Å². The minimum atomic E-state index is -0.245. The van der Waals surface area contributed by atoms with Crippen LogP contribution in [0.1, 0.15) is 50.3 Å². The summed E-state index contributed by atoms with van der Waals surface area (Å²) in [5.41, 5.74) is 4.29. The first kappa shape index (κ1) is 27.9. The monoisotopic (exact) mass is 530 g/mol. The van der Waals surface area contributed by atoms with E-state index in [9.17, 15) is 5.26 Å². The van der Waals surface area contributed by atoms with Crippen molar-refractivity contribution < 1.29 is 4.74 Å². The molecule has 1 atom stereocenters. The molecule has 2 aromatic carbocycles. The Bertz CT molecular complexity index is 1180. The number of aryl methyl sites for hydroxylation is 1. The van der Waals surface area contributed by atoms with Crippen molar-refractivity contribution in [1.82, 2.24) is 14.9 Å². The van der Waals surface area contributed by atoms with Gasteiger partial charge in [0.05, 0.1) is 19.3 Å². The topological polar surface area (TPSA) is 77.3 Å². The third-order valence-corrected chi connectivity index (χ3v) is 7.83. The van der Waals surface area contributed by atoms with E-state index in [1.807, 2.05) is 39.1 Å². The van der Waals surface area contributed by atoms with Crippen LogP contribution >= 0.6 is 11.8 Å². The molecule has 8 heteroatoms. The quantitative estimate of drug-likeness (QED) is 0.343. The first-order valence-corrected chi connectivity index (χ1v) is 14.5. The number of rotatable bonds is 7. The van der Waals surface area contributed by atoms with Crippen molar-refractivity contribution >= 4 is 29.1 Å². The SMILES string of the molecule is CC.Cc1cnc(Nc2ccc(N3CCCCC3)cc2)nc1Sc1ccc(C(C#N)N2CCOCC2)cc1. The number of anilines is 3. The summed E-state index contributed by atoms with van der Waals surface area (Å²) in [5, 5.41) is 14.0. The molecule has 1 unspecified atom stereocenters. The molecule has 0 aliphatic carbocycles. The van der Waals surface area contributed by atoms with Gasteiger partial charge in [0.25, 0.3) is 0 Å². The van der Waals surface area contributed by atoms with E-state index in [1.165, 1.54) is 24.9 Å². The second kappa shape index (κ2) is 14.1. The number of hydrogen-bond acceptors (Lipinski definition) is 8. The van der Waals surface area contributed by atoms with Gasteiger partial charge in [-0.25, -0.2) is 9.97 Å². The summed E-state index contributed by atoms with van der Waals surface area (Å²) < 4.78 is 5.43. The van der Waals surface area contributed by atoms with Crippen LogP contribution < -0.4 is 10.2 Å². The summed E-state index contributed by atoms with van der Waals surface area (Å²) in [4.78, 5) is 15.0. The maximum Gasteiger partial charge on any atom is 0.228 e. The third-order valence-electron chi connectivity index (χ3n) is 6.71. The minimum Gasteiger partial charge on any atom is -0.379 e. The van der Waals surface area contributed by atoms with Crippen molar-refractivity contribution in [3.63, 3.8) is 0 Å². The lowest BCUT2D eigenvalue weighted by Crippen LogP contribution is -2.38. The van der Waals surface area contributed by atoms with Gasteiger partial charge in [-0.1, -0.05) is 37.7 Å². The molecule has 0 bridgehead atoms. The predicted molar refractivity (Wildman–Crippen MR) is 155 cm³/mol. The van der Waals surface area contributed by atoms with Crippen LogP contribution in [0.2, 0.25) is 0 Å². The Kier molecular flexibility index (Phi) is 10.4. The largest absolute Gasteiger partial charge is 0.379 e. The Morgan fingerprint density at radius 3 is 2.29 bits per heavy atom. The Labute approximate surface area is 231 Å². The van der Waals surface area contributed by atoms with Crippen molar-refractivity contribution in [2.75, 3.05) is 49.6 Å². The van der Waals surface area contributed by atoms with E-state index in [0.29, 0.717) is 19.2 Å². The highest BCUT2D eigenvalue weighted by molar-refractivity contribution is 7.99. The van der Waals surface area contributed by atoms with E-state index in [4.69, 9.17) is 9.72 Å². The fourth-order valence-corrected chi connectivity index (χ4v) is 5.50. The van der Waals surface area contributed by atoms with Gasteiger partial charge in [-0.05, 0) is 68.1 Å². The molecule has 2 aliphatic heterocycles. The first-order valence-electron chi connectivity index (χ1n) is 13.6. The molecule has 1 aromatic heterocycles. The smallest absolute Gasteiger partial charge is 0.228 e. The summed E-state index contributed by atoms with van der Waals surface area (Å²) in [6.07, 6.45) is 5.73. The molecule has 0 amide bonds. The number of ether oxygens (including phenoxy) is 1. The van der Waals surface area contributed by atoms with Crippen molar-refractivity contribution in [2.24, 2.45) is 0 Å². The highest BCUT2D eigenvalue weighted by atomic mass is 32.2. The zero-order valence-electron chi connectivity index (χ0n) is 22.7.